The van der Waals surface area contributed by atoms with Gasteiger partial charge in [-0.05, 0) is 62.9 Å². The smallest absolute Gasteiger partial charge is 0.294 e. The van der Waals surface area contributed by atoms with Gasteiger partial charge < -0.3 is 15.2 Å². The Morgan fingerprint density at radius 2 is 1.93 bits per heavy atom. The molecule has 8 heteroatoms. The molecule has 0 atom stereocenters. The monoisotopic (exact) mass is 393 g/mol. The van der Waals surface area contributed by atoms with Crippen molar-refractivity contribution in [3.8, 4) is 11.8 Å². The molecular weight excluding hydrogens is 370 g/mol. The molecule has 1 aliphatic rings. The van der Waals surface area contributed by atoms with Crippen LogP contribution < -0.4 is 10.6 Å². The fourth-order valence-electron chi connectivity index (χ4n) is 3.84. The summed E-state index contributed by atoms with van der Waals surface area (Å²) in [6.07, 6.45) is 4.66. The fraction of sp³-hybridized carbons (Fsp3) is 0.333. The molecule has 0 unspecified atom stereocenters. The van der Waals surface area contributed by atoms with E-state index in [4.69, 9.17) is 11.0 Å². The SMILES string of the molecule is Cc1cc(C=C(C#N)C(N)=O)c(C)n1-c1ccc(N2CCCCC2)c([N+](=O)[O-])c1. The number of anilines is 1. The lowest BCUT2D eigenvalue weighted by Gasteiger charge is -2.28. The third-order valence-electron chi connectivity index (χ3n) is 5.27. The van der Waals surface area contributed by atoms with E-state index in [9.17, 15) is 14.9 Å². The Bertz CT molecular complexity index is 1040. The Morgan fingerprint density at radius 3 is 2.52 bits per heavy atom. The molecule has 2 heterocycles. The highest BCUT2D eigenvalue weighted by molar-refractivity contribution is 6.00. The largest absolute Gasteiger partial charge is 0.366 e. The maximum Gasteiger partial charge on any atom is 0.294 e. The highest BCUT2D eigenvalue weighted by Crippen LogP contribution is 2.34. The van der Waals surface area contributed by atoms with Crippen molar-refractivity contribution in [1.82, 2.24) is 4.57 Å². The third kappa shape index (κ3) is 3.99. The zero-order chi connectivity index (χ0) is 21.1. The number of primary amides is 1. The number of nitriles is 1. The minimum Gasteiger partial charge on any atom is -0.366 e. The van der Waals surface area contributed by atoms with Crippen molar-refractivity contribution in [2.45, 2.75) is 33.1 Å². The molecular formula is C21H23N5O3. The molecule has 1 aliphatic heterocycles. The summed E-state index contributed by atoms with van der Waals surface area (Å²) < 4.78 is 1.87. The average molecular weight is 393 g/mol. The number of nitro benzene ring substituents is 1. The van der Waals surface area contributed by atoms with Crippen LogP contribution in [0.4, 0.5) is 11.4 Å². The standard InChI is InChI=1S/C21H23N5O3/c1-14-10-16(11-17(13-22)21(23)27)15(2)25(14)18-6-7-19(20(12-18)26(28)29)24-8-4-3-5-9-24/h6-7,10-12H,3-5,8-9H2,1-2H3,(H2,23,27). The van der Waals surface area contributed by atoms with Gasteiger partial charge in [-0.2, -0.15) is 5.26 Å². The molecule has 1 aromatic heterocycles. The molecule has 1 saturated heterocycles. The van der Waals surface area contributed by atoms with Gasteiger partial charge in [-0.1, -0.05) is 0 Å². The van der Waals surface area contributed by atoms with Gasteiger partial charge in [-0.25, -0.2) is 0 Å². The second-order valence-corrected chi connectivity index (χ2v) is 7.17. The van der Waals surface area contributed by atoms with Crippen LogP contribution in [0.2, 0.25) is 0 Å². The van der Waals surface area contributed by atoms with Gasteiger partial charge in [0.2, 0.25) is 0 Å². The van der Waals surface area contributed by atoms with Crippen LogP contribution in [0.25, 0.3) is 11.8 Å². The van der Waals surface area contributed by atoms with Crippen LogP contribution in [0, 0.1) is 35.3 Å². The summed E-state index contributed by atoms with van der Waals surface area (Å²) in [5.74, 6) is -0.793. The van der Waals surface area contributed by atoms with E-state index in [0.717, 1.165) is 43.7 Å². The Hall–Kier alpha value is -3.60. The number of piperidine rings is 1. The van der Waals surface area contributed by atoms with E-state index >= 15 is 0 Å². The maximum absolute atomic E-state index is 11.8. The number of carbonyl (C=O) groups excluding carboxylic acids is 1. The Labute approximate surface area is 169 Å². The van der Waals surface area contributed by atoms with Crippen LogP contribution in [0.5, 0.6) is 0 Å². The van der Waals surface area contributed by atoms with Crippen molar-refractivity contribution in [1.29, 1.82) is 5.26 Å². The number of benzene rings is 1. The Balaban J connectivity index is 2.07. The summed E-state index contributed by atoms with van der Waals surface area (Å²) >= 11 is 0. The molecule has 8 nitrogen and oxygen atoms in total. The van der Waals surface area contributed by atoms with Crippen molar-refractivity contribution in [2.24, 2.45) is 5.73 Å². The number of hydrogen-bond acceptors (Lipinski definition) is 5. The number of rotatable bonds is 5. The average Bonchev–Trinajstić information content (AvgIpc) is 2.99. The summed E-state index contributed by atoms with van der Waals surface area (Å²) in [6.45, 7) is 5.34. The highest BCUT2D eigenvalue weighted by Gasteiger charge is 2.23. The Kier molecular flexibility index (Phi) is 5.69. The van der Waals surface area contributed by atoms with Crippen LogP contribution in [0.15, 0.2) is 29.8 Å². The lowest BCUT2D eigenvalue weighted by atomic mass is 10.1. The van der Waals surface area contributed by atoms with Crippen molar-refractivity contribution < 1.29 is 9.72 Å². The first kappa shape index (κ1) is 20.1. The minimum absolute atomic E-state index is 0.0730. The van der Waals surface area contributed by atoms with Crippen LogP contribution in [0.1, 0.15) is 36.2 Å². The van der Waals surface area contributed by atoms with Gasteiger partial charge in [0.05, 0.1) is 10.6 Å². The van der Waals surface area contributed by atoms with Crippen molar-refractivity contribution in [3.63, 3.8) is 0 Å². The summed E-state index contributed by atoms with van der Waals surface area (Å²) in [5, 5.41) is 20.8. The van der Waals surface area contributed by atoms with Gasteiger partial charge in [0.25, 0.3) is 11.6 Å². The number of hydrogen-bond donors (Lipinski definition) is 1. The zero-order valence-electron chi connectivity index (χ0n) is 16.5. The fourth-order valence-corrected chi connectivity index (χ4v) is 3.84. The van der Waals surface area contributed by atoms with Crippen molar-refractivity contribution in [2.75, 3.05) is 18.0 Å². The molecule has 0 saturated carbocycles. The number of amides is 1. The molecule has 1 fully saturated rings. The van der Waals surface area contributed by atoms with E-state index in [1.54, 1.807) is 18.2 Å². The molecule has 1 aromatic carbocycles. The van der Waals surface area contributed by atoms with Gasteiger partial charge in [-0.3, -0.25) is 14.9 Å². The van der Waals surface area contributed by atoms with E-state index < -0.39 is 5.91 Å². The molecule has 150 valence electrons. The minimum atomic E-state index is -0.793. The zero-order valence-corrected chi connectivity index (χ0v) is 16.5. The summed E-state index contributed by atoms with van der Waals surface area (Å²) in [4.78, 5) is 24.8. The number of aromatic nitrogens is 1. The molecule has 3 rings (SSSR count). The first-order valence-electron chi connectivity index (χ1n) is 9.47. The predicted molar refractivity (Wildman–Crippen MR) is 111 cm³/mol. The molecule has 29 heavy (non-hydrogen) atoms. The third-order valence-corrected chi connectivity index (χ3v) is 5.27. The van der Waals surface area contributed by atoms with Gasteiger partial charge >= 0.3 is 0 Å². The van der Waals surface area contributed by atoms with Gasteiger partial charge in [-0.15, -0.1) is 0 Å². The number of nitro groups is 1. The summed E-state index contributed by atoms with van der Waals surface area (Å²) in [5.41, 5.74) is 8.71. The van der Waals surface area contributed by atoms with Crippen LogP contribution in [-0.4, -0.2) is 28.5 Å². The van der Waals surface area contributed by atoms with E-state index in [-0.39, 0.29) is 16.2 Å². The Morgan fingerprint density at radius 1 is 1.24 bits per heavy atom. The molecule has 2 N–H and O–H groups in total. The molecule has 1 amide bonds. The predicted octanol–water partition coefficient (Wildman–Crippen LogP) is 3.38. The van der Waals surface area contributed by atoms with E-state index in [1.807, 2.05) is 30.5 Å². The van der Waals surface area contributed by atoms with Gasteiger partial charge in [0.15, 0.2) is 0 Å². The van der Waals surface area contributed by atoms with E-state index in [1.165, 1.54) is 6.08 Å². The molecule has 2 aromatic rings. The van der Waals surface area contributed by atoms with Gasteiger partial charge in [0.1, 0.15) is 17.3 Å². The summed E-state index contributed by atoms with van der Waals surface area (Å²) in [7, 11) is 0. The van der Waals surface area contributed by atoms with Gasteiger partial charge in [0, 0.05) is 30.5 Å². The number of aryl methyl sites for hydroxylation is 1. The van der Waals surface area contributed by atoms with Crippen LogP contribution in [-0.2, 0) is 4.79 Å². The maximum atomic E-state index is 11.8. The lowest BCUT2D eigenvalue weighted by Crippen LogP contribution is -2.30. The molecule has 0 radical (unpaired) electrons. The quantitative estimate of drug-likeness (QED) is 0.361. The first-order valence-corrected chi connectivity index (χ1v) is 9.47. The molecule has 0 bridgehead atoms. The van der Waals surface area contributed by atoms with E-state index in [0.29, 0.717) is 16.9 Å². The second-order valence-electron chi connectivity index (χ2n) is 7.17. The van der Waals surface area contributed by atoms with Crippen molar-refractivity contribution >= 4 is 23.4 Å². The number of nitrogens with zero attached hydrogens (tertiary/aromatic N) is 4. The van der Waals surface area contributed by atoms with Crippen LogP contribution >= 0.6 is 0 Å². The van der Waals surface area contributed by atoms with E-state index in [2.05, 4.69) is 4.90 Å². The topological polar surface area (TPSA) is 118 Å². The van der Waals surface area contributed by atoms with Crippen LogP contribution in [0.3, 0.4) is 0 Å². The normalized spacial score (nSPS) is 14.5. The molecule has 0 spiro atoms. The first-order chi connectivity index (χ1) is 13.8. The number of carbonyl (C=O) groups is 1. The highest BCUT2D eigenvalue weighted by atomic mass is 16.6. The summed E-state index contributed by atoms with van der Waals surface area (Å²) in [6, 6.07) is 8.86. The number of nitrogens with two attached hydrogens (primary N) is 1. The molecule has 0 aliphatic carbocycles. The van der Waals surface area contributed by atoms with Crippen molar-refractivity contribution in [3.05, 3.63) is 56.9 Å². The lowest BCUT2D eigenvalue weighted by molar-refractivity contribution is -0.384. The second kappa shape index (κ2) is 8.19.